The summed E-state index contributed by atoms with van der Waals surface area (Å²) < 4.78 is 11.8. The van der Waals surface area contributed by atoms with E-state index in [1.807, 2.05) is 6.92 Å². The van der Waals surface area contributed by atoms with Crippen LogP contribution in [0.3, 0.4) is 0 Å². The fourth-order valence-electron chi connectivity index (χ4n) is 1.97. The van der Waals surface area contributed by atoms with E-state index in [1.165, 1.54) is 0 Å². The quantitative estimate of drug-likeness (QED) is 0.544. The number of carbonyl (C=O) groups is 1. The summed E-state index contributed by atoms with van der Waals surface area (Å²) in [6.45, 7) is 2.61. The first-order valence-electron chi connectivity index (χ1n) is 7.23. The molecule has 0 unspecified atom stereocenters. The third-order valence-electron chi connectivity index (χ3n) is 3.12. The van der Waals surface area contributed by atoms with E-state index in [1.54, 1.807) is 37.4 Å². The summed E-state index contributed by atoms with van der Waals surface area (Å²) in [6.07, 6.45) is 0.888. The Morgan fingerprint density at radius 1 is 1.21 bits per heavy atom. The number of carbonyl (C=O) groups excluding carboxylic acids is 1. The highest BCUT2D eigenvalue weighted by Gasteiger charge is 2.16. The molecule has 0 radical (unpaired) electrons. The molecule has 0 atom stereocenters. The standard InChI is InChI=1S/C17H16Cl2INO3/c1-3-6-24-16-14(20)7-10(8-15(16)23-2)17(22)21-11-4-5-12(18)13(19)9-11/h4-5,7-9H,3,6H2,1-2H3,(H,21,22). The molecule has 0 saturated carbocycles. The topological polar surface area (TPSA) is 47.6 Å². The first-order chi connectivity index (χ1) is 11.5. The van der Waals surface area contributed by atoms with Crippen molar-refractivity contribution in [2.45, 2.75) is 13.3 Å². The van der Waals surface area contributed by atoms with Crippen LogP contribution in [0, 0.1) is 3.57 Å². The van der Waals surface area contributed by atoms with Gasteiger partial charge in [-0.25, -0.2) is 0 Å². The zero-order chi connectivity index (χ0) is 17.7. The van der Waals surface area contributed by atoms with Gasteiger partial charge in [-0.3, -0.25) is 4.79 Å². The molecule has 0 aliphatic heterocycles. The predicted molar refractivity (Wildman–Crippen MR) is 106 cm³/mol. The van der Waals surface area contributed by atoms with Gasteiger partial charge in [0.1, 0.15) is 0 Å². The minimum atomic E-state index is -0.272. The highest BCUT2D eigenvalue weighted by atomic mass is 127. The highest BCUT2D eigenvalue weighted by Crippen LogP contribution is 2.34. The van der Waals surface area contributed by atoms with Gasteiger partial charge in [-0.15, -0.1) is 0 Å². The van der Waals surface area contributed by atoms with Gasteiger partial charge in [0.2, 0.25) is 0 Å². The van der Waals surface area contributed by atoms with Crippen molar-refractivity contribution in [1.29, 1.82) is 0 Å². The summed E-state index contributed by atoms with van der Waals surface area (Å²) in [6, 6.07) is 8.32. The molecule has 0 spiro atoms. The third kappa shape index (κ3) is 4.68. The molecule has 0 saturated heterocycles. The summed E-state index contributed by atoms with van der Waals surface area (Å²) in [5.74, 6) is 0.896. The van der Waals surface area contributed by atoms with Gasteiger partial charge in [-0.1, -0.05) is 30.1 Å². The van der Waals surface area contributed by atoms with Gasteiger partial charge in [0, 0.05) is 11.3 Å². The molecule has 2 rings (SSSR count). The van der Waals surface area contributed by atoms with Crippen LogP contribution in [0.15, 0.2) is 30.3 Å². The Labute approximate surface area is 164 Å². The normalized spacial score (nSPS) is 10.4. The van der Waals surface area contributed by atoms with Crippen molar-refractivity contribution in [1.82, 2.24) is 0 Å². The Kier molecular flexibility index (Phi) is 7.01. The highest BCUT2D eigenvalue weighted by molar-refractivity contribution is 14.1. The number of benzene rings is 2. The molecule has 0 aliphatic rings. The summed E-state index contributed by atoms with van der Waals surface area (Å²) in [5.41, 5.74) is 1.03. The van der Waals surface area contributed by atoms with Crippen molar-refractivity contribution in [2.75, 3.05) is 19.0 Å². The Bertz CT molecular complexity index is 753. The van der Waals surface area contributed by atoms with Crippen molar-refractivity contribution in [3.05, 3.63) is 49.5 Å². The van der Waals surface area contributed by atoms with Crippen LogP contribution in [0.5, 0.6) is 11.5 Å². The summed E-state index contributed by atoms with van der Waals surface area (Å²) in [5, 5.41) is 3.60. The molecule has 0 heterocycles. The molecule has 7 heteroatoms. The van der Waals surface area contributed by atoms with Crippen LogP contribution >= 0.6 is 45.8 Å². The van der Waals surface area contributed by atoms with Crippen LogP contribution < -0.4 is 14.8 Å². The Morgan fingerprint density at radius 2 is 1.96 bits per heavy atom. The molecule has 4 nitrogen and oxygen atoms in total. The summed E-state index contributed by atoms with van der Waals surface area (Å²) in [7, 11) is 1.55. The third-order valence-corrected chi connectivity index (χ3v) is 4.66. The molecular formula is C17H16Cl2INO3. The van der Waals surface area contributed by atoms with E-state index in [0.717, 1.165) is 9.99 Å². The monoisotopic (exact) mass is 479 g/mol. The lowest BCUT2D eigenvalue weighted by Gasteiger charge is -2.14. The molecule has 24 heavy (non-hydrogen) atoms. The van der Waals surface area contributed by atoms with Crippen LogP contribution in [0.4, 0.5) is 5.69 Å². The van der Waals surface area contributed by atoms with E-state index in [-0.39, 0.29) is 5.91 Å². The van der Waals surface area contributed by atoms with E-state index in [0.29, 0.717) is 39.4 Å². The zero-order valence-electron chi connectivity index (χ0n) is 13.2. The number of rotatable bonds is 6. The van der Waals surface area contributed by atoms with Crippen molar-refractivity contribution in [3.8, 4) is 11.5 Å². The molecule has 0 aromatic heterocycles. The molecule has 0 fully saturated rings. The van der Waals surface area contributed by atoms with E-state index >= 15 is 0 Å². The number of hydrogen-bond donors (Lipinski definition) is 1. The SMILES string of the molecule is CCCOc1c(I)cc(C(=O)Nc2ccc(Cl)c(Cl)c2)cc1OC. The van der Waals surface area contributed by atoms with Crippen molar-refractivity contribution in [2.24, 2.45) is 0 Å². The van der Waals surface area contributed by atoms with Gasteiger partial charge in [-0.05, 0) is 59.3 Å². The van der Waals surface area contributed by atoms with Gasteiger partial charge in [0.05, 0.1) is 27.3 Å². The van der Waals surface area contributed by atoms with E-state index in [2.05, 4.69) is 27.9 Å². The maximum Gasteiger partial charge on any atom is 0.255 e. The average molecular weight is 480 g/mol. The summed E-state index contributed by atoms with van der Waals surface area (Å²) >= 11 is 14.0. The smallest absolute Gasteiger partial charge is 0.255 e. The number of hydrogen-bond acceptors (Lipinski definition) is 3. The molecule has 1 amide bonds. The van der Waals surface area contributed by atoms with Gasteiger partial charge in [-0.2, -0.15) is 0 Å². The molecule has 128 valence electrons. The number of nitrogens with one attached hydrogen (secondary N) is 1. The summed E-state index contributed by atoms with van der Waals surface area (Å²) in [4.78, 5) is 12.5. The molecule has 2 aromatic carbocycles. The lowest BCUT2D eigenvalue weighted by molar-refractivity contribution is 0.102. The Morgan fingerprint density at radius 3 is 2.58 bits per heavy atom. The maximum absolute atomic E-state index is 12.5. The van der Waals surface area contributed by atoms with Crippen LogP contribution in [-0.2, 0) is 0 Å². The van der Waals surface area contributed by atoms with Crippen LogP contribution in [-0.4, -0.2) is 19.6 Å². The molecule has 0 bridgehead atoms. The van der Waals surface area contributed by atoms with Crippen LogP contribution in [0.25, 0.3) is 0 Å². The number of halogens is 3. The van der Waals surface area contributed by atoms with E-state index in [4.69, 9.17) is 32.7 Å². The largest absolute Gasteiger partial charge is 0.493 e. The molecule has 2 aromatic rings. The Balaban J connectivity index is 2.25. The fraction of sp³-hybridized carbons (Fsp3) is 0.235. The number of ether oxygens (including phenoxy) is 2. The van der Waals surface area contributed by atoms with E-state index in [9.17, 15) is 4.79 Å². The van der Waals surface area contributed by atoms with Gasteiger partial charge >= 0.3 is 0 Å². The zero-order valence-corrected chi connectivity index (χ0v) is 16.8. The first-order valence-corrected chi connectivity index (χ1v) is 9.06. The predicted octanol–water partition coefficient (Wildman–Crippen LogP) is 5.65. The lowest BCUT2D eigenvalue weighted by Crippen LogP contribution is -2.13. The van der Waals surface area contributed by atoms with Crippen molar-refractivity contribution in [3.63, 3.8) is 0 Å². The molecule has 1 N–H and O–H groups in total. The van der Waals surface area contributed by atoms with Gasteiger partial charge < -0.3 is 14.8 Å². The van der Waals surface area contributed by atoms with Gasteiger partial charge in [0.15, 0.2) is 11.5 Å². The Hall–Kier alpha value is -1.18. The number of methoxy groups -OCH3 is 1. The number of anilines is 1. The number of amides is 1. The maximum atomic E-state index is 12.5. The average Bonchev–Trinajstić information content (AvgIpc) is 2.56. The second kappa shape index (κ2) is 8.78. The van der Waals surface area contributed by atoms with E-state index < -0.39 is 0 Å². The minimum Gasteiger partial charge on any atom is -0.493 e. The molecular weight excluding hydrogens is 464 g/mol. The lowest BCUT2D eigenvalue weighted by atomic mass is 10.1. The molecule has 0 aliphatic carbocycles. The van der Waals surface area contributed by atoms with Crippen molar-refractivity contribution < 1.29 is 14.3 Å². The fourth-order valence-corrected chi connectivity index (χ4v) is 3.03. The van der Waals surface area contributed by atoms with Crippen LogP contribution in [0.1, 0.15) is 23.7 Å². The minimum absolute atomic E-state index is 0.272. The van der Waals surface area contributed by atoms with Crippen LogP contribution in [0.2, 0.25) is 10.0 Å². The second-order valence-electron chi connectivity index (χ2n) is 4.92. The first kappa shape index (κ1) is 19.1. The van der Waals surface area contributed by atoms with Crippen molar-refractivity contribution >= 4 is 57.4 Å². The second-order valence-corrected chi connectivity index (χ2v) is 6.90. The van der Waals surface area contributed by atoms with Gasteiger partial charge in [0.25, 0.3) is 5.91 Å².